The predicted molar refractivity (Wildman–Crippen MR) is 98.3 cm³/mol. The Balaban J connectivity index is 2.22. The lowest BCUT2D eigenvalue weighted by atomic mass is 10.0. The predicted octanol–water partition coefficient (Wildman–Crippen LogP) is 0.856. The van der Waals surface area contributed by atoms with Gasteiger partial charge in [0.05, 0.1) is 10.9 Å². The molecule has 8 heteroatoms. The number of hydrogen-bond acceptors (Lipinski definition) is 5. The zero-order valence-electron chi connectivity index (χ0n) is 15.3. The number of nitrogens with one attached hydrogen (secondary N) is 1. The molecule has 0 saturated carbocycles. The molecule has 0 aliphatic rings. The van der Waals surface area contributed by atoms with E-state index in [0.29, 0.717) is 5.56 Å². The molecule has 1 amide bonds. The maximum atomic E-state index is 12.5. The van der Waals surface area contributed by atoms with Gasteiger partial charge in [0.25, 0.3) is 5.91 Å². The molecule has 0 radical (unpaired) electrons. The van der Waals surface area contributed by atoms with Gasteiger partial charge in [0.15, 0.2) is 0 Å². The van der Waals surface area contributed by atoms with Crippen molar-refractivity contribution in [3.05, 3.63) is 65.2 Å². The molecule has 2 aromatic carbocycles. The molecule has 0 saturated heterocycles. The summed E-state index contributed by atoms with van der Waals surface area (Å²) >= 11 is 0. The number of nitrogens with zero attached hydrogens (tertiary/aromatic N) is 1. The summed E-state index contributed by atoms with van der Waals surface area (Å²) in [5, 5.41) is 13.7. The van der Waals surface area contributed by atoms with Crippen LogP contribution in [0.1, 0.15) is 33.9 Å². The third kappa shape index (κ3) is 5.15. The summed E-state index contributed by atoms with van der Waals surface area (Å²) in [6.45, 7) is 1.90. The topological polar surface area (TPSA) is 107 Å². The van der Waals surface area contributed by atoms with Crippen LogP contribution >= 0.6 is 0 Å². The fourth-order valence-electron chi connectivity index (χ4n) is 2.45. The summed E-state index contributed by atoms with van der Waals surface area (Å²) in [6.07, 6.45) is -0.373. The molecule has 1 N–H and O–H groups in total. The Morgan fingerprint density at radius 2 is 1.59 bits per heavy atom. The number of rotatable bonds is 7. The summed E-state index contributed by atoms with van der Waals surface area (Å²) in [6, 6.07) is 11.8. The molecule has 0 aliphatic heterocycles. The van der Waals surface area contributed by atoms with Crippen LogP contribution in [0, 0.1) is 6.92 Å². The van der Waals surface area contributed by atoms with Crippen LogP contribution in [0.25, 0.3) is 0 Å². The van der Waals surface area contributed by atoms with Crippen molar-refractivity contribution in [2.75, 3.05) is 14.1 Å². The average Bonchev–Trinajstić information content (AvgIpc) is 2.61. The summed E-state index contributed by atoms with van der Waals surface area (Å²) in [7, 11) is -0.752. The van der Waals surface area contributed by atoms with Crippen molar-refractivity contribution in [3.63, 3.8) is 0 Å². The standard InChI is InChI=1S/C19H22N2O5S/c1-13-4-6-14(7-5-13)17(12-18(22)23)20-19(24)15-8-10-16(11-9-15)27(25,26)21(2)3/h4-11,17H,12H2,1-3H3,(H,20,24)(H,22,23)/p-1/t17-/m1/s1. The van der Waals surface area contributed by atoms with Gasteiger partial charge in [-0.05, 0) is 36.8 Å². The van der Waals surface area contributed by atoms with E-state index in [1.54, 1.807) is 12.1 Å². The van der Waals surface area contributed by atoms with Crippen LogP contribution in [-0.4, -0.2) is 38.7 Å². The van der Waals surface area contributed by atoms with Gasteiger partial charge in [0.2, 0.25) is 10.0 Å². The largest absolute Gasteiger partial charge is 0.550 e. The van der Waals surface area contributed by atoms with E-state index in [1.165, 1.54) is 38.4 Å². The van der Waals surface area contributed by atoms with Gasteiger partial charge >= 0.3 is 0 Å². The summed E-state index contributed by atoms with van der Waals surface area (Å²) in [5.41, 5.74) is 1.88. The van der Waals surface area contributed by atoms with E-state index in [9.17, 15) is 23.1 Å². The zero-order valence-corrected chi connectivity index (χ0v) is 16.1. The lowest BCUT2D eigenvalue weighted by Crippen LogP contribution is -2.34. The third-order valence-corrected chi connectivity index (χ3v) is 5.88. The van der Waals surface area contributed by atoms with Gasteiger partial charge in [-0.3, -0.25) is 4.79 Å². The first kappa shape index (κ1) is 20.6. The van der Waals surface area contributed by atoms with Crippen LogP contribution in [0.3, 0.4) is 0 Å². The average molecular weight is 389 g/mol. The number of sulfonamides is 1. The quantitative estimate of drug-likeness (QED) is 0.756. The van der Waals surface area contributed by atoms with E-state index in [2.05, 4.69) is 5.32 Å². The zero-order chi connectivity index (χ0) is 20.2. The van der Waals surface area contributed by atoms with Gasteiger partial charge in [-0.2, -0.15) is 0 Å². The highest BCUT2D eigenvalue weighted by atomic mass is 32.2. The second kappa shape index (κ2) is 8.32. The lowest BCUT2D eigenvalue weighted by molar-refractivity contribution is -0.306. The van der Waals surface area contributed by atoms with Crippen molar-refractivity contribution in [1.29, 1.82) is 0 Å². The summed E-state index contributed by atoms with van der Waals surface area (Å²) in [5.74, 6) is -1.79. The number of aliphatic carboxylic acids is 1. The van der Waals surface area contributed by atoms with Gasteiger partial charge in [-0.15, -0.1) is 0 Å². The summed E-state index contributed by atoms with van der Waals surface area (Å²) < 4.78 is 25.2. The minimum absolute atomic E-state index is 0.0638. The van der Waals surface area contributed by atoms with E-state index in [0.717, 1.165) is 9.87 Å². The maximum absolute atomic E-state index is 12.5. The molecular weight excluding hydrogens is 368 g/mol. The highest BCUT2D eigenvalue weighted by molar-refractivity contribution is 7.89. The first-order chi connectivity index (χ1) is 12.6. The van der Waals surface area contributed by atoms with E-state index in [1.807, 2.05) is 19.1 Å². The fraction of sp³-hybridized carbons (Fsp3) is 0.263. The highest BCUT2D eigenvalue weighted by Crippen LogP contribution is 2.19. The van der Waals surface area contributed by atoms with E-state index >= 15 is 0 Å². The second-order valence-corrected chi connectivity index (χ2v) is 8.48. The van der Waals surface area contributed by atoms with Crippen molar-refractivity contribution in [2.24, 2.45) is 0 Å². The molecular formula is C19H21N2O5S-. The normalized spacial score (nSPS) is 12.6. The molecule has 0 aromatic heterocycles. The molecule has 0 bridgehead atoms. The molecule has 2 aromatic rings. The molecule has 0 spiro atoms. The Morgan fingerprint density at radius 3 is 2.07 bits per heavy atom. The van der Waals surface area contributed by atoms with Crippen LogP contribution in [0.2, 0.25) is 0 Å². The van der Waals surface area contributed by atoms with Gasteiger partial charge in [0.1, 0.15) is 0 Å². The number of hydrogen-bond donors (Lipinski definition) is 1. The Morgan fingerprint density at radius 1 is 1.04 bits per heavy atom. The number of carbonyl (C=O) groups is 2. The number of amides is 1. The van der Waals surface area contributed by atoms with Crippen LogP contribution in [0.4, 0.5) is 0 Å². The fourth-order valence-corrected chi connectivity index (χ4v) is 3.35. The molecule has 27 heavy (non-hydrogen) atoms. The Labute approximate surface area is 158 Å². The second-order valence-electron chi connectivity index (χ2n) is 6.32. The van der Waals surface area contributed by atoms with Crippen molar-refractivity contribution in [2.45, 2.75) is 24.3 Å². The smallest absolute Gasteiger partial charge is 0.251 e. The lowest BCUT2D eigenvalue weighted by Gasteiger charge is -2.20. The Bertz CT molecular complexity index is 920. The molecule has 0 fully saturated rings. The van der Waals surface area contributed by atoms with E-state index in [4.69, 9.17) is 0 Å². The van der Waals surface area contributed by atoms with Crippen molar-refractivity contribution >= 4 is 21.9 Å². The van der Waals surface area contributed by atoms with Gasteiger partial charge < -0.3 is 15.2 Å². The SMILES string of the molecule is Cc1ccc([C@@H](CC(=O)[O-])NC(=O)c2ccc(S(=O)(=O)N(C)C)cc2)cc1. The number of carboxylic acid groups (broad SMARTS) is 1. The van der Waals surface area contributed by atoms with Crippen molar-refractivity contribution < 1.29 is 23.1 Å². The number of benzene rings is 2. The highest BCUT2D eigenvalue weighted by Gasteiger charge is 2.19. The van der Waals surface area contributed by atoms with Crippen LogP contribution < -0.4 is 10.4 Å². The van der Waals surface area contributed by atoms with Gasteiger partial charge in [-0.1, -0.05) is 29.8 Å². The van der Waals surface area contributed by atoms with Crippen LogP contribution in [0.5, 0.6) is 0 Å². The molecule has 1 atom stereocenters. The molecule has 0 aliphatic carbocycles. The molecule has 0 heterocycles. The minimum Gasteiger partial charge on any atom is -0.550 e. The van der Waals surface area contributed by atoms with Crippen molar-refractivity contribution in [1.82, 2.24) is 9.62 Å². The first-order valence-corrected chi connectivity index (χ1v) is 9.65. The van der Waals surface area contributed by atoms with Crippen LogP contribution in [0.15, 0.2) is 53.4 Å². The number of aryl methyl sites for hydroxylation is 1. The first-order valence-electron chi connectivity index (χ1n) is 8.21. The maximum Gasteiger partial charge on any atom is 0.251 e. The molecule has 7 nitrogen and oxygen atoms in total. The molecule has 0 unspecified atom stereocenters. The molecule has 2 rings (SSSR count). The van der Waals surface area contributed by atoms with Crippen LogP contribution in [-0.2, 0) is 14.8 Å². The van der Waals surface area contributed by atoms with Gasteiger partial charge in [-0.25, -0.2) is 12.7 Å². The third-order valence-electron chi connectivity index (χ3n) is 4.05. The minimum atomic E-state index is -3.59. The number of carbonyl (C=O) groups excluding carboxylic acids is 2. The Hall–Kier alpha value is -2.71. The molecule has 144 valence electrons. The summed E-state index contributed by atoms with van der Waals surface area (Å²) in [4.78, 5) is 23.6. The van der Waals surface area contributed by atoms with Crippen molar-refractivity contribution in [3.8, 4) is 0 Å². The van der Waals surface area contributed by atoms with Gasteiger partial charge in [0, 0.05) is 32.0 Å². The van der Waals surface area contributed by atoms with E-state index in [-0.39, 0.29) is 16.9 Å². The monoisotopic (exact) mass is 389 g/mol. The number of carboxylic acids is 1. The van der Waals surface area contributed by atoms with E-state index < -0.39 is 27.9 Å². The Kier molecular flexibility index (Phi) is 6.35.